The molecule has 0 amide bonds. The van der Waals surface area contributed by atoms with E-state index in [1.165, 1.54) is 0 Å². The number of thioether (sulfide) groups is 1. The Labute approximate surface area is 161 Å². The smallest absolute Gasteiger partial charge is 0.195 e. The number of halogens is 1. The zero-order valence-corrected chi connectivity index (χ0v) is 15.6. The molecule has 0 N–H and O–H groups in total. The summed E-state index contributed by atoms with van der Waals surface area (Å²) in [6.45, 7) is 0.254. The predicted molar refractivity (Wildman–Crippen MR) is 103 cm³/mol. The van der Waals surface area contributed by atoms with Crippen molar-refractivity contribution < 1.29 is 4.74 Å². The van der Waals surface area contributed by atoms with Crippen molar-refractivity contribution in [2.75, 3.05) is 5.75 Å². The van der Waals surface area contributed by atoms with E-state index < -0.39 is 0 Å². The van der Waals surface area contributed by atoms with E-state index >= 15 is 0 Å². The molecule has 2 aromatic carbocycles. The van der Waals surface area contributed by atoms with Crippen LogP contribution in [-0.4, -0.2) is 20.5 Å². The van der Waals surface area contributed by atoms with Gasteiger partial charge in [-0.1, -0.05) is 53.7 Å². The number of hydrogen-bond donors (Lipinski definition) is 0. The van der Waals surface area contributed by atoms with Crippen LogP contribution in [0.5, 0.6) is 5.75 Å². The van der Waals surface area contributed by atoms with Crippen LogP contribution >= 0.6 is 23.4 Å². The highest BCUT2D eigenvalue weighted by Crippen LogP contribution is 2.26. The fourth-order valence-corrected chi connectivity index (χ4v) is 3.44. The first-order valence-electron chi connectivity index (χ1n) is 8.16. The largest absolute Gasteiger partial charge is 0.484 e. The molecule has 1 heterocycles. The Kier molecular flexibility index (Phi) is 6.53. The first-order valence-corrected chi connectivity index (χ1v) is 9.52. The van der Waals surface area contributed by atoms with Crippen molar-refractivity contribution in [3.05, 3.63) is 65.4 Å². The second-order valence-electron chi connectivity index (χ2n) is 5.40. The highest BCUT2D eigenvalue weighted by Gasteiger charge is 2.15. The number of ether oxygens (including phenoxy) is 1. The summed E-state index contributed by atoms with van der Waals surface area (Å²) in [6.07, 6.45) is 1.35. The van der Waals surface area contributed by atoms with E-state index in [1.54, 1.807) is 17.8 Å². The summed E-state index contributed by atoms with van der Waals surface area (Å²) in [5.74, 6) is 2.11. The molecule has 0 unspecified atom stereocenters. The van der Waals surface area contributed by atoms with Gasteiger partial charge in [-0.05, 0) is 30.7 Å². The van der Waals surface area contributed by atoms with E-state index in [0.717, 1.165) is 23.0 Å². The predicted octanol–water partition coefficient (Wildman–Crippen LogP) is 4.90. The van der Waals surface area contributed by atoms with Gasteiger partial charge >= 0.3 is 0 Å². The first-order chi connectivity index (χ1) is 12.8. The van der Waals surface area contributed by atoms with E-state index in [2.05, 4.69) is 16.3 Å². The second kappa shape index (κ2) is 9.27. The Morgan fingerprint density at radius 1 is 1.08 bits per heavy atom. The van der Waals surface area contributed by atoms with Crippen LogP contribution in [0.25, 0.3) is 5.69 Å². The molecule has 0 spiro atoms. The van der Waals surface area contributed by atoms with Crippen LogP contribution in [0.1, 0.15) is 18.7 Å². The van der Waals surface area contributed by atoms with Gasteiger partial charge < -0.3 is 4.74 Å². The zero-order chi connectivity index (χ0) is 18.2. The van der Waals surface area contributed by atoms with Gasteiger partial charge in [0.05, 0.1) is 11.1 Å². The molecule has 0 fully saturated rings. The minimum absolute atomic E-state index is 0.254. The number of nitriles is 1. The monoisotopic (exact) mass is 384 g/mol. The van der Waals surface area contributed by atoms with Gasteiger partial charge in [-0.3, -0.25) is 4.57 Å². The summed E-state index contributed by atoms with van der Waals surface area (Å²) in [5.41, 5.74) is 0.970. The Morgan fingerprint density at radius 3 is 2.62 bits per heavy atom. The molecule has 0 aliphatic rings. The molecule has 0 bridgehead atoms. The maximum Gasteiger partial charge on any atom is 0.195 e. The van der Waals surface area contributed by atoms with Gasteiger partial charge in [-0.25, -0.2) is 0 Å². The third kappa shape index (κ3) is 4.57. The summed E-state index contributed by atoms with van der Waals surface area (Å²) in [4.78, 5) is 0. The van der Waals surface area contributed by atoms with E-state index in [1.807, 2.05) is 53.1 Å². The van der Waals surface area contributed by atoms with Gasteiger partial charge in [0.25, 0.3) is 0 Å². The van der Waals surface area contributed by atoms with Gasteiger partial charge in [0.1, 0.15) is 12.4 Å². The highest BCUT2D eigenvalue weighted by atomic mass is 35.5. The normalized spacial score (nSPS) is 10.5. The van der Waals surface area contributed by atoms with Gasteiger partial charge in [0.15, 0.2) is 11.0 Å². The number of aromatic nitrogens is 3. The summed E-state index contributed by atoms with van der Waals surface area (Å²) in [6, 6.07) is 19.4. The molecule has 26 heavy (non-hydrogen) atoms. The summed E-state index contributed by atoms with van der Waals surface area (Å²) >= 11 is 7.74. The molecule has 0 atom stereocenters. The number of rotatable bonds is 8. The van der Waals surface area contributed by atoms with E-state index in [-0.39, 0.29) is 6.61 Å². The highest BCUT2D eigenvalue weighted by molar-refractivity contribution is 7.99. The molecule has 7 heteroatoms. The van der Waals surface area contributed by atoms with Crippen molar-refractivity contribution in [1.82, 2.24) is 14.8 Å². The number of unbranched alkanes of at least 4 members (excludes halogenated alkanes) is 1. The maximum atomic E-state index is 8.68. The molecule has 132 valence electrons. The van der Waals surface area contributed by atoms with Crippen molar-refractivity contribution in [2.45, 2.75) is 24.6 Å². The lowest BCUT2D eigenvalue weighted by Crippen LogP contribution is -2.07. The van der Waals surface area contributed by atoms with Crippen molar-refractivity contribution >= 4 is 23.4 Å². The fraction of sp³-hybridized carbons (Fsp3) is 0.211. The molecular weight excluding hydrogens is 368 g/mol. The summed E-state index contributed by atoms with van der Waals surface area (Å²) in [7, 11) is 0. The summed E-state index contributed by atoms with van der Waals surface area (Å²) in [5, 5.41) is 18.6. The molecule has 0 radical (unpaired) electrons. The quantitative estimate of drug-likeness (QED) is 0.408. The van der Waals surface area contributed by atoms with Gasteiger partial charge in [0, 0.05) is 17.9 Å². The second-order valence-corrected chi connectivity index (χ2v) is 6.87. The number of hydrogen-bond acceptors (Lipinski definition) is 5. The molecule has 1 aromatic heterocycles. The Hall–Kier alpha value is -2.49. The third-order valence-electron chi connectivity index (χ3n) is 3.57. The minimum atomic E-state index is 0.254. The van der Waals surface area contributed by atoms with Crippen LogP contribution in [0.2, 0.25) is 5.02 Å². The van der Waals surface area contributed by atoms with Crippen LogP contribution in [-0.2, 0) is 6.61 Å². The molecule has 0 saturated heterocycles. The molecular formula is C19H17ClN4OS. The number of nitrogens with zero attached hydrogens (tertiary/aromatic N) is 4. The molecule has 3 rings (SSSR count). The fourth-order valence-electron chi connectivity index (χ4n) is 2.34. The van der Waals surface area contributed by atoms with E-state index in [9.17, 15) is 0 Å². The average molecular weight is 385 g/mol. The van der Waals surface area contributed by atoms with Crippen LogP contribution in [0.15, 0.2) is 59.8 Å². The lowest BCUT2D eigenvalue weighted by molar-refractivity contribution is 0.293. The number of benzene rings is 2. The van der Waals surface area contributed by atoms with Crippen molar-refractivity contribution in [2.24, 2.45) is 0 Å². The lowest BCUT2D eigenvalue weighted by Gasteiger charge is -2.11. The van der Waals surface area contributed by atoms with Gasteiger partial charge in [-0.15, -0.1) is 10.2 Å². The van der Waals surface area contributed by atoms with Crippen molar-refractivity contribution in [3.8, 4) is 17.5 Å². The first kappa shape index (κ1) is 18.3. The molecule has 0 aliphatic carbocycles. The standard InChI is InChI=1S/C19H17ClN4OS/c20-16-10-4-5-11-17(16)25-14-18-22-23-19(26-13-7-6-12-21)24(18)15-8-2-1-3-9-15/h1-5,8-11H,6-7,13-14H2. The third-order valence-corrected chi connectivity index (χ3v) is 4.90. The topological polar surface area (TPSA) is 63.7 Å². The molecule has 0 saturated carbocycles. The lowest BCUT2D eigenvalue weighted by atomic mass is 10.3. The van der Waals surface area contributed by atoms with Gasteiger partial charge in [-0.2, -0.15) is 5.26 Å². The Balaban J connectivity index is 1.81. The zero-order valence-electron chi connectivity index (χ0n) is 14.0. The summed E-state index contributed by atoms with van der Waals surface area (Å²) < 4.78 is 7.81. The van der Waals surface area contributed by atoms with Crippen LogP contribution in [0.3, 0.4) is 0 Å². The number of para-hydroxylation sites is 2. The van der Waals surface area contributed by atoms with Crippen LogP contribution in [0.4, 0.5) is 0 Å². The molecule has 3 aromatic rings. The maximum absolute atomic E-state index is 8.68. The minimum Gasteiger partial charge on any atom is -0.484 e. The van der Waals surface area contributed by atoms with Crippen molar-refractivity contribution in [3.63, 3.8) is 0 Å². The SMILES string of the molecule is N#CCCCSc1nnc(COc2ccccc2Cl)n1-c1ccccc1. The van der Waals surface area contributed by atoms with Crippen LogP contribution in [0, 0.1) is 11.3 Å². The van der Waals surface area contributed by atoms with Crippen molar-refractivity contribution in [1.29, 1.82) is 5.26 Å². The Morgan fingerprint density at radius 2 is 1.85 bits per heavy atom. The van der Waals surface area contributed by atoms with E-state index in [4.69, 9.17) is 21.6 Å². The van der Waals surface area contributed by atoms with Crippen LogP contribution < -0.4 is 4.74 Å². The average Bonchev–Trinajstić information content (AvgIpc) is 3.08. The molecule has 5 nitrogen and oxygen atoms in total. The Bertz CT molecular complexity index is 892. The van der Waals surface area contributed by atoms with Gasteiger partial charge in [0.2, 0.25) is 0 Å². The van der Waals surface area contributed by atoms with E-state index in [0.29, 0.717) is 23.0 Å². The molecule has 0 aliphatic heterocycles.